The average Bonchev–Trinajstić information content (AvgIpc) is 2.68. The van der Waals surface area contributed by atoms with Crippen molar-refractivity contribution in [2.75, 3.05) is 7.11 Å². The molecule has 2 atom stereocenters. The van der Waals surface area contributed by atoms with Crippen molar-refractivity contribution in [3.8, 4) is 0 Å². The van der Waals surface area contributed by atoms with Crippen molar-refractivity contribution in [2.45, 2.75) is 19.8 Å². The van der Waals surface area contributed by atoms with Crippen LogP contribution in [0.3, 0.4) is 0 Å². The summed E-state index contributed by atoms with van der Waals surface area (Å²) in [6.07, 6.45) is 1.72. The van der Waals surface area contributed by atoms with Crippen molar-refractivity contribution >= 4 is 35.2 Å². The molecule has 144 valence electrons. The number of hydrogen-bond donors (Lipinski definition) is 1. The highest BCUT2D eigenvalue weighted by Crippen LogP contribution is 2.45. The minimum atomic E-state index is -0.708. The van der Waals surface area contributed by atoms with Crippen molar-refractivity contribution in [3.05, 3.63) is 74.2 Å². The molecule has 0 fully saturated rings. The standard InChI is InChI=1S/C20H19N3O4S/c1-11-16(15-8-5-9-21-19(15)28)18(17(12(2)22-11)20(24)27-3)13-6-4-7-14(10-13)23(25)26/h4-10,17-18H,1-3H3,(H,21,28). The Morgan fingerprint density at radius 3 is 2.68 bits per heavy atom. The Morgan fingerprint density at radius 1 is 1.29 bits per heavy atom. The van der Waals surface area contributed by atoms with Crippen LogP contribution in [-0.4, -0.2) is 28.7 Å². The van der Waals surface area contributed by atoms with Crippen LogP contribution in [0.5, 0.6) is 0 Å². The molecular formula is C20H19N3O4S. The van der Waals surface area contributed by atoms with E-state index < -0.39 is 22.7 Å². The second-order valence-corrected chi connectivity index (χ2v) is 6.90. The monoisotopic (exact) mass is 397 g/mol. The molecule has 2 heterocycles. The third-order valence-electron chi connectivity index (χ3n) is 4.83. The summed E-state index contributed by atoms with van der Waals surface area (Å²) in [5.74, 6) is -1.67. The van der Waals surface area contributed by atoms with Crippen LogP contribution >= 0.6 is 12.2 Å². The number of nitrogens with zero attached hydrogens (tertiary/aromatic N) is 2. The van der Waals surface area contributed by atoms with Crippen molar-refractivity contribution < 1.29 is 14.5 Å². The lowest BCUT2D eigenvalue weighted by Gasteiger charge is -2.32. The van der Waals surface area contributed by atoms with E-state index in [1.54, 1.807) is 25.3 Å². The van der Waals surface area contributed by atoms with Crippen molar-refractivity contribution in [2.24, 2.45) is 10.9 Å². The largest absolute Gasteiger partial charge is 0.468 e. The number of allylic oxidation sites excluding steroid dienone is 2. The highest BCUT2D eigenvalue weighted by molar-refractivity contribution is 7.71. The molecule has 0 saturated heterocycles. The Labute approximate surface area is 166 Å². The van der Waals surface area contributed by atoms with Crippen molar-refractivity contribution in [1.29, 1.82) is 0 Å². The molecule has 2 unspecified atom stereocenters. The maximum atomic E-state index is 12.7. The zero-order chi connectivity index (χ0) is 20.4. The molecule has 0 spiro atoms. The van der Waals surface area contributed by atoms with Gasteiger partial charge in [0.2, 0.25) is 0 Å². The van der Waals surface area contributed by atoms with E-state index in [0.29, 0.717) is 21.6 Å². The molecule has 28 heavy (non-hydrogen) atoms. The van der Waals surface area contributed by atoms with Crippen LogP contribution in [0.4, 0.5) is 5.69 Å². The summed E-state index contributed by atoms with van der Waals surface area (Å²) in [4.78, 5) is 31.1. The van der Waals surface area contributed by atoms with Gasteiger partial charge in [0.1, 0.15) is 10.6 Å². The Balaban J connectivity index is 2.31. The molecule has 8 heteroatoms. The van der Waals surface area contributed by atoms with E-state index in [9.17, 15) is 14.9 Å². The molecule has 0 bridgehead atoms. The lowest BCUT2D eigenvalue weighted by Crippen LogP contribution is -2.33. The number of nitrogens with one attached hydrogen (secondary N) is 1. The molecule has 0 amide bonds. The number of pyridine rings is 1. The average molecular weight is 397 g/mol. The highest BCUT2D eigenvalue weighted by atomic mass is 32.1. The Bertz CT molecular complexity index is 1070. The molecule has 3 rings (SSSR count). The van der Waals surface area contributed by atoms with Gasteiger partial charge in [-0.3, -0.25) is 19.9 Å². The van der Waals surface area contributed by atoms with Crippen LogP contribution in [0.25, 0.3) is 5.57 Å². The lowest BCUT2D eigenvalue weighted by atomic mass is 9.73. The molecule has 1 aliphatic heterocycles. The molecule has 1 N–H and O–H groups in total. The second-order valence-electron chi connectivity index (χ2n) is 6.50. The number of rotatable bonds is 4. The van der Waals surface area contributed by atoms with Crippen molar-refractivity contribution in [3.63, 3.8) is 0 Å². The number of aromatic amines is 1. The van der Waals surface area contributed by atoms with E-state index in [1.165, 1.54) is 19.2 Å². The Morgan fingerprint density at radius 2 is 2.04 bits per heavy atom. The number of aromatic nitrogens is 1. The molecule has 2 aromatic rings. The third-order valence-corrected chi connectivity index (χ3v) is 5.17. The molecule has 7 nitrogen and oxygen atoms in total. The quantitative estimate of drug-likeness (QED) is 0.356. The van der Waals surface area contributed by atoms with Gasteiger partial charge in [-0.1, -0.05) is 30.4 Å². The van der Waals surface area contributed by atoms with Crippen LogP contribution in [0.1, 0.15) is 30.9 Å². The number of ether oxygens (including phenoxy) is 1. The first-order valence-corrected chi connectivity index (χ1v) is 9.02. The van der Waals surface area contributed by atoms with Gasteiger partial charge in [0, 0.05) is 41.2 Å². The number of hydrogen-bond acceptors (Lipinski definition) is 6. The third kappa shape index (κ3) is 3.50. The summed E-state index contributed by atoms with van der Waals surface area (Å²) in [5.41, 5.74) is 3.37. The molecular weight excluding hydrogens is 378 g/mol. The summed E-state index contributed by atoms with van der Waals surface area (Å²) in [6, 6.07) is 9.96. The van der Waals surface area contributed by atoms with Gasteiger partial charge < -0.3 is 9.72 Å². The minimum absolute atomic E-state index is 0.0449. The van der Waals surface area contributed by atoms with Crippen LogP contribution in [0.15, 0.2) is 53.3 Å². The van der Waals surface area contributed by atoms with E-state index in [4.69, 9.17) is 17.0 Å². The summed E-state index contributed by atoms with van der Waals surface area (Å²) in [7, 11) is 1.32. The van der Waals surface area contributed by atoms with Crippen LogP contribution in [0, 0.1) is 20.7 Å². The van der Waals surface area contributed by atoms with Crippen LogP contribution < -0.4 is 0 Å². The number of non-ortho nitro benzene ring substituents is 1. The molecule has 1 aromatic heterocycles. The first kappa shape index (κ1) is 19.6. The SMILES string of the molecule is COC(=O)C1C(C)=NC(C)=C(c2ccc[nH]c2=S)C1c1cccc([N+](=O)[O-])c1. The number of aliphatic imine (C=N–C) groups is 1. The summed E-state index contributed by atoms with van der Waals surface area (Å²) in [5, 5.41) is 11.3. The van der Waals surface area contributed by atoms with Gasteiger partial charge in [-0.05, 0) is 31.1 Å². The maximum absolute atomic E-state index is 12.7. The minimum Gasteiger partial charge on any atom is -0.468 e. The van der Waals surface area contributed by atoms with Gasteiger partial charge in [-0.15, -0.1) is 0 Å². The molecule has 0 saturated carbocycles. The fraction of sp³-hybridized carbons (Fsp3) is 0.250. The number of carbonyl (C=O) groups excluding carboxylic acids is 1. The number of carbonyl (C=O) groups is 1. The number of benzene rings is 1. The van der Waals surface area contributed by atoms with Crippen LogP contribution in [-0.2, 0) is 9.53 Å². The van der Waals surface area contributed by atoms with Gasteiger partial charge in [0.25, 0.3) is 5.69 Å². The van der Waals surface area contributed by atoms with Gasteiger partial charge >= 0.3 is 5.97 Å². The van der Waals surface area contributed by atoms with Crippen LogP contribution in [0.2, 0.25) is 0 Å². The van der Waals surface area contributed by atoms with Gasteiger partial charge in [-0.25, -0.2) is 0 Å². The van der Waals surface area contributed by atoms with E-state index in [-0.39, 0.29) is 5.69 Å². The van der Waals surface area contributed by atoms with Gasteiger partial charge in [0.15, 0.2) is 0 Å². The maximum Gasteiger partial charge on any atom is 0.315 e. The smallest absolute Gasteiger partial charge is 0.315 e. The van der Waals surface area contributed by atoms with Gasteiger partial charge in [-0.2, -0.15) is 0 Å². The highest BCUT2D eigenvalue weighted by Gasteiger charge is 2.40. The number of H-pyrrole nitrogens is 1. The molecule has 0 aliphatic carbocycles. The topological polar surface area (TPSA) is 97.6 Å². The van der Waals surface area contributed by atoms with Gasteiger partial charge in [0.05, 0.1) is 12.0 Å². The summed E-state index contributed by atoms with van der Waals surface area (Å²) < 4.78 is 5.53. The second kappa shape index (κ2) is 7.85. The normalized spacial score (nSPS) is 19.2. The number of esters is 1. The molecule has 1 aliphatic rings. The van der Waals surface area contributed by atoms with Crippen molar-refractivity contribution in [1.82, 2.24) is 4.98 Å². The summed E-state index contributed by atoms with van der Waals surface area (Å²) >= 11 is 5.46. The number of nitro groups is 1. The number of nitro benzene ring substituents is 1. The summed E-state index contributed by atoms with van der Waals surface area (Å²) in [6.45, 7) is 3.61. The first-order valence-electron chi connectivity index (χ1n) is 8.61. The van der Waals surface area contributed by atoms with E-state index >= 15 is 0 Å². The van der Waals surface area contributed by atoms with E-state index in [1.807, 2.05) is 19.1 Å². The molecule has 1 aromatic carbocycles. The van der Waals surface area contributed by atoms with E-state index in [0.717, 1.165) is 11.1 Å². The zero-order valence-electron chi connectivity index (χ0n) is 15.6. The first-order chi connectivity index (χ1) is 13.3. The fourth-order valence-electron chi connectivity index (χ4n) is 3.65. The zero-order valence-corrected chi connectivity index (χ0v) is 16.4. The van der Waals surface area contributed by atoms with E-state index in [2.05, 4.69) is 9.98 Å². The number of methoxy groups -OCH3 is 1. The Kier molecular flexibility index (Phi) is 5.51. The predicted molar refractivity (Wildman–Crippen MR) is 109 cm³/mol. The fourth-order valence-corrected chi connectivity index (χ4v) is 3.89. The predicted octanol–water partition coefficient (Wildman–Crippen LogP) is 4.43. The molecule has 0 radical (unpaired) electrons. The lowest BCUT2D eigenvalue weighted by molar-refractivity contribution is -0.384. The Hall–Kier alpha value is -3.13.